The summed E-state index contributed by atoms with van der Waals surface area (Å²) < 4.78 is 81.4. The molecule has 4 nitrogen and oxygen atoms in total. The Labute approximate surface area is 120 Å². The summed E-state index contributed by atoms with van der Waals surface area (Å²) in [7, 11) is 0. The van der Waals surface area contributed by atoms with Crippen molar-refractivity contribution in [1.82, 2.24) is 0 Å². The number of alkyl halides is 6. The molecule has 0 atom stereocenters. The van der Waals surface area contributed by atoms with Crippen molar-refractivity contribution in [2.45, 2.75) is 17.8 Å². The van der Waals surface area contributed by atoms with Crippen LogP contribution in [0.4, 0.5) is 36.8 Å². The number of rotatable bonds is 6. The molecule has 0 unspecified atom stereocenters. The first-order chi connectivity index (χ1) is 10.0. The highest BCUT2D eigenvalue weighted by Gasteiger charge is 2.71. The molecule has 1 aromatic rings. The number of ether oxygens (including phenoxy) is 1. The highest BCUT2D eigenvalue weighted by atomic mass is 19.3. The van der Waals surface area contributed by atoms with Crippen molar-refractivity contribution >= 4 is 11.8 Å². The average molecular weight is 331 g/mol. The first-order valence-corrected chi connectivity index (χ1v) is 5.76. The molecule has 0 spiro atoms. The number of aliphatic hydroxyl groups is 1. The van der Waals surface area contributed by atoms with Crippen LogP contribution in [0.15, 0.2) is 30.3 Å². The van der Waals surface area contributed by atoms with Gasteiger partial charge >= 0.3 is 23.9 Å². The molecule has 0 radical (unpaired) electrons. The predicted molar refractivity (Wildman–Crippen MR) is 63.3 cm³/mol. The van der Waals surface area contributed by atoms with Gasteiger partial charge in [0.1, 0.15) is 6.61 Å². The lowest BCUT2D eigenvalue weighted by molar-refractivity contribution is -0.322. The Morgan fingerprint density at radius 1 is 1.05 bits per heavy atom. The molecule has 0 aliphatic heterocycles. The summed E-state index contributed by atoms with van der Waals surface area (Å²) in [5.41, 5.74) is 0.128. The number of amides is 1. The molecule has 124 valence electrons. The van der Waals surface area contributed by atoms with Gasteiger partial charge in [-0.2, -0.15) is 26.3 Å². The number of hydrogen-bond donors (Lipinski definition) is 2. The highest BCUT2D eigenvalue weighted by Crippen LogP contribution is 2.45. The highest BCUT2D eigenvalue weighted by molar-refractivity contribution is 5.84. The molecule has 1 amide bonds. The third-order valence-electron chi connectivity index (χ3n) is 2.52. The van der Waals surface area contributed by atoms with Crippen molar-refractivity contribution in [2.24, 2.45) is 0 Å². The topological polar surface area (TPSA) is 58.6 Å². The first kappa shape index (κ1) is 18.1. The van der Waals surface area contributed by atoms with E-state index in [0.717, 1.165) is 0 Å². The quantitative estimate of drug-likeness (QED) is 0.788. The van der Waals surface area contributed by atoms with E-state index in [9.17, 15) is 31.1 Å². The number of hydrogen-bond acceptors (Lipinski definition) is 3. The maximum absolute atomic E-state index is 13.1. The van der Waals surface area contributed by atoms with E-state index in [4.69, 9.17) is 5.11 Å². The fraction of sp³-hybridized carbons (Fsp3) is 0.417. The van der Waals surface area contributed by atoms with Crippen LogP contribution in [-0.4, -0.2) is 42.2 Å². The fourth-order valence-corrected chi connectivity index (χ4v) is 1.29. The standard InChI is InChI=1S/C12H11F6NO3/c13-10(14,6-20)12(17,18)11(15,16)7-22-9(21)19-8-4-2-1-3-5-8/h1-5,20H,6-7H2,(H,19,21). The second-order valence-corrected chi connectivity index (χ2v) is 4.21. The van der Waals surface area contributed by atoms with Crippen LogP contribution < -0.4 is 5.32 Å². The average Bonchev–Trinajstić information content (AvgIpc) is 2.46. The lowest BCUT2D eigenvalue weighted by atomic mass is 10.1. The molecule has 0 aromatic heterocycles. The SMILES string of the molecule is O=C(Nc1ccccc1)OCC(F)(F)C(F)(F)C(F)(F)CO. The Kier molecular flexibility index (Phi) is 5.28. The number of para-hydroxylation sites is 1. The largest absolute Gasteiger partial charge is 0.443 e. The van der Waals surface area contributed by atoms with Crippen molar-refractivity contribution < 1.29 is 41.0 Å². The third kappa shape index (κ3) is 3.81. The summed E-state index contributed by atoms with van der Waals surface area (Å²) in [6, 6.07) is 7.27. The van der Waals surface area contributed by atoms with E-state index < -0.39 is 37.1 Å². The summed E-state index contributed by atoms with van der Waals surface area (Å²) in [6.45, 7) is -4.76. The molecule has 0 bridgehead atoms. The monoisotopic (exact) mass is 331 g/mol. The molecule has 0 fully saturated rings. The van der Waals surface area contributed by atoms with E-state index in [0.29, 0.717) is 0 Å². The molecule has 0 aliphatic rings. The van der Waals surface area contributed by atoms with Gasteiger partial charge in [-0.3, -0.25) is 5.32 Å². The van der Waals surface area contributed by atoms with Crippen LogP contribution in [0.3, 0.4) is 0 Å². The van der Waals surface area contributed by atoms with E-state index in [1.165, 1.54) is 24.3 Å². The maximum atomic E-state index is 13.1. The smallest absolute Gasteiger partial charge is 0.411 e. The fourth-order valence-electron chi connectivity index (χ4n) is 1.29. The Hall–Kier alpha value is -1.97. The zero-order chi connectivity index (χ0) is 17.0. The number of halogens is 6. The molecular weight excluding hydrogens is 320 g/mol. The normalized spacial score (nSPS) is 12.9. The summed E-state index contributed by atoms with van der Waals surface area (Å²) in [5.74, 6) is -16.6. The van der Waals surface area contributed by atoms with Crippen LogP contribution in [0.25, 0.3) is 0 Å². The molecule has 22 heavy (non-hydrogen) atoms. The van der Waals surface area contributed by atoms with Gasteiger partial charge in [-0.05, 0) is 12.1 Å². The molecule has 0 heterocycles. The molecule has 2 N–H and O–H groups in total. The molecule has 10 heteroatoms. The summed E-state index contributed by atoms with van der Waals surface area (Å²) >= 11 is 0. The second kappa shape index (κ2) is 6.42. The van der Waals surface area contributed by atoms with E-state index in [1.54, 1.807) is 6.07 Å². The van der Waals surface area contributed by atoms with Gasteiger partial charge in [0.25, 0.3) is 0 Å². The Morgan fingerprint density at radius 3 is 2.09 bits per heavy atom. The molecular formula is C12H11F6NO3. The van der Waals surface area contributed by atoms with Crippen molar-refractivity contribution in [3.05, 3.63) is 30.3 Å². The number of nitrogens with one attached hydrogen (secondary N) is 1. The third-order valence-corrected chi connectivity index (χ3v) is 2.52. The van der Waals surface area contributed by atoms with E-state index in [-0.39, 0.29) is 5.69 Å². The lowest BCUT2D eigenvalue weighted by Crippen LogP contribution is -2.58. The Balaban J connectivity index is 2.67. The molecule has 1 aromatic carbocycles. The zero-order valence-corrected chi connectivity index (χ0v) is 10.8. The zero-order valence-electron chi connectivity index (χ0n) is 10.8. The number of anilines is 1. The van der Waals surface area contributed by atoms with E-state index in [1.807, 2.05) is 5.32 Å². The Morgan fingerprint density at radius 2 is 1.59 bits per heavy atom. The van der Waals surface area contributed by atoms with Gasteiger partial charge in [-0.1, -0.05) is 18.2 Å². The summed E-state index contributed by atoms with van der Waals surface area (Å²) in [6.07, 6.45) is -1.52. The minimum Gasteiger partial charge on any atom is -0.443 e. The molecule has 0 aliphatic carbocycles. The van der Waals surface area contributed by atoms with E-state index in [2.05, 4.69) is 4.74 Å². The first-order valence-electron chi connectivity index (χ1n) is 5.76. The summed E-state index contributed by atoms with van der Waals surface area (Å²) in [4.78, 5) is 11.2. The van der Waals surface area contributed by atoms with Gasteiger partial charge in [-0.25, -0.2) is 4.79 Å². The van der Waals surface area contributed by atoms with Crippen LogP contribution in [0.2, 0.25) is 0 Å². The predicted octanol–water partition coefficient (Wildman–Crippen LogP) is 3.13. The van der Waals surface area contributed by atoms with Crippen LogP contribution >= 0.6 is 0 Å². The van der Waals surface area contributed by atoms with Crippen molar-refractivity contribution in [2.75, 3.05) is 18.5 Å². The minimum atomic E-state index is -5.89. The molecule has 1 rings (SSSR count). The van der Waals surface area contributed by atoms with Crippen LogP contribution in [-0.2, 0) is 4.74 Å². The van der Waals surface area contributed by atoms with Gasteiger partial charge in [0.15, 0.2) is 6.61 Å². The second-order valence-electron chi connectivity index (χ2n) is 4.21. The maximum Gasteiger partial charge on any atom is 0.411 e. The Bertz CT molecular complexity index is 509. The van der Waals surface area contributed by atoms with Gasteiger partial charge in [0, 0.05) is 5.69 Å². The van der Waals surface area contributed by atoms with Crippen LogP contribution in [0.1, 0.15) is 0 Å². The number of aliphatic hydroxyl groups excluding tert-OH is 1. The number of carbonyl (C=O) groups excluding carboxylic acids is 1. The van der Waals surface area contributed by atoms with Gasteiger partial charge in [0.05, 0.1) is 0 Å². The van der Waals surface area contributed by atoms with E-state index >= 15 is 0 Å². The lowest BCUT2D eigenvalue weighted by Gasteiger charge is -2.31. The number of carbonyl (C=O) groups is 1. The van der Waals surface area contributed by atoms with Crippen molar-refractivity contribution in [3.8, 4) is 0 Å². The van der Waals surface area contributed by atoms with Crippen LogP contribution in [0.5, 0.6) is 0 Å². The van der Waals surface area contributed by atoms with Gasteiger partial charge < -0.3 is 9.84 Å². The minimum absolute atomic E-state index is 0.128. The van der Waals surface area contributed by atoms with Gasteiger partial charge in [-0.15, -0.1) is 0 Å². The molecule has 0 saturated heterocycles. The van der Waals surface area contributed by atoms with Crippen LogP contribution in [0, 0.1) is 0 Å². The summed E-state index contributed by atoms with van der Waals surface area (Å²) in [5, 5.41) is 10.0. The van der Waals surface area contributed by atoms with Crippen molar-refractivity contribution in [3.63, 3.8) is 0 Å². The van der Waals surface area contributed by atoms with Gasteiger partial charge in [0.2, 0.25) is 0 Å². The van der Waals surface area contributed by atoms with Crippen molar-refractivity contribution in [1.29, 1.82) is 0 Å². The number of benzene rings is 1. The molecule has 0 saturated carbocycles.